The van der Waals surface area contributed by atoms with Crippen molar-refractivity contribution in [2.24, 2.45) is 16.7 Å². The average molecular weight is 387 g/mol. The number of aromatic amines is 1. The van der Waals surface area contributed by atoms with Gasteiger partial charge in [0, 0.05) is 6.20 Å². The fourth-order valence-electron chi connectivity index (χ4n) is 3.32. The van der Waals surface area contributed by atoms with E-state index in [2.05, 4.69) is 62.5 Å². The lowest BCUT2D eigenvalue weighted by Crippen LogP contribution is -2.38. The molecule has 130 valence electrons. The lowest BCUT2D eigenvalue weighted by molar-refractivity contribution is -0.0354. The Morgan fingerprint density at radius 1 is 1.26 bits per heavy atom. The van der Waals surface area contributed by atoms with Crippen molar-refractivity contribution in [2.45, 2.75) is 66.7 Å². The molecular formula is C17H27BrN2O3. The van der Waals surface area contributed by atoms with E-state index in [0.717, 1.165) is 6.42 Å². The minimum atomic E-state index is -0.514. The van der Waals surface area contributed by atoms with Gasteiger partial charge >= 0.3 is 5.69 Å². The van der Waals surface area contributed by atoms with Gasteiger partial charge < -0.3 is 9.72 Å². The molecule has 2 rings (SSSR count). The maximum Gasteiger partial charge on any atom is 0.330 e. The largest absolute Gasteiger partial charge is 0.354 e. The lowest BCUT2D eigenvalue weighted by atomic mass is 9.73. The van der Waals surface area contributed by atoms with Gasteiger partial charge in [-0.2, -0.15) is 0 Å². The van der Waals surface area contributed by atoms with Crippen LogP contribution in [0, 0.1) is 16.7 Å². The first kappa shape index (κ1) is 18.5. The van der Waals surface area contributed by atoms with E-state index in [9.17, 15) is 9.59 Å². The summed E-state index contributed by atoms with van der Waals surface area (Å²) < 4.78 is 7.74. The van der Waals surface area contributed by atoms with Gasteiger partial charge in [0.25, 0.3) is 5.56 Å². The summed E-state index contributed by atoms with van der Waals surface area (Å²) in [6, 6.07) is 0. The van der Waals surface area contributed by atoms with Crippen molar-refractivity contribution >= 4 is 15.9 Å². The van der Waals surface area contributed by atoms with Crippen LogP contribution in [0.1, 0.15) is 60.6 Å². The number of rotatable bonds is 2. The summed E-state index contributed by atoms with van der Waals surface area (Å²) in [6.07, 6.45) is 2.46. The van der Waals surface area contributed by atoms with E-state index in [1.165, 1.54) is 10.8 Å². The van der Waals surface area contributed by atoms with E-state index in [0.29, 0.717) is 10.9 Å². The molecule has 6 heteroatoms. The van der Waals surface area contributed by atoms with Crippen molar-refractivity contribution < 1.29 is 4.74 Å². The van der Waals surface area contributed by atoms with Crippen LogP contribution in [0.3, 0.4) is 0 Å². The molecule has 0 radical (unpaired) electrons. The maximum atomic E-state index is 12.3. The summed E-state index contributed by atoms with van der Waals surface area (Å²) in [5.74, 6) is 0.289. The SMILES string of the molecule is CC(C)(C)C[C@H]1O[C@@H](n2c(=O)[nH]cc(Br)c2=O)CC1C(C)(C)C. The van der Waals surface area contributed by atoms with Crippen molar-refractivity contribution in [3.8, 4) is 0 Å². The molecule has 1 aliphatic rings. The second-order valence-electron chi connectivity index (χ2n) is 8.72. The number of halogens is 1. The van der Waals surface area contributed by atoms with Crippen LogP contribution in [0.4, 0.5) is 0 Å². The molecule has 0 spiro atoms. The van der Waals surface area contributed by atoms with Crippen LogP contribution in [-0.2, 0) is 4.74 Å². The zero-order valence-corrected chi connectivity index (χ0v) is 16.4. The van der Waals surface area contributed by atoms with Crippen LogP contribution in [0.2, 0.25) is 0 Å². The Hall–Kier alpha value is -0.880. The Morgan fingerprint density at radius 3 is 2.39 bits per heavy atom. The summed E-state index contributed by atoms with van der Waals surface area (Å²) in [4.78, 5) is 27.1. The van der Waals surface area contributed by atoms with Crippen LogP contribution in [0.25, 0.3) is 0 Å². The molecule has 1 saturated heterocycles. The highest BCUT2D eigenvalue weighted by atomic mass is 79.9. The molecule has 1 N–H and O–H groups in total. The predicted octanol–water partition coefficient (Wildman–Crippen LogP) is 3.69. The molecule has 23 heavy (non-hydrogen) atoms. The minimum absolute atomic E-state index is 0.0327. The molecule has 1 aromatic heterocycles. The first-order chi connectivity index (χ1) is 10.4. The van der Waals surface area contributed by atoms with E-state index < -0.39 is 11.9 Å². The zero-order chi connectivity index (χ0) is 17.6. The van der Waals surface area contributed by atoms with Gasteiger partial charge in [0.1, 0.15) is 6.23 Å². The van der Waals surface area contributed by atoms with Crippen molar-refractivity contribution in [2.75, 3.05) is 0 Å². The Bertz CT molecular complexity index is 679. The molecule has 0 saturated carbocycles. The second kappa shape index (κ2) is 6.20. The molecule has 5 nitrogen and oxygen atoms in total. The first-order valence-electron chi connectivity index (χ1n) is 8.05. The minimum Gasteiger partial charge on any atom is -0.354 e. The third-order valence-electron chi connectivity index (χ3n) is 4.41. The summed E-state index contributed by atoms with van der Waals surface area (Å²) in [5, 5.41) is 0. The van der Waals surface area contributed by atoms with Crippen molar-refractivity contribution in [3.63, 3.8) is 0 Å². The van der Waals surface area contributed by atoms with Gasteiger partial charge in [-0.3, -0.25) is 4.79 Å². The Kier molecular flexibility index (Phi) is 4.98. The van der Waals surface area contributed by atoms with E-state index in [-0.39, 0.29) is 28.4 Å². The first-order valence-corrected chi connectivity index (χ1v) is 8.84. The van der Waals surface area contributed by atoms with Crippen LogP contribution in [-0.4, -0.2) is 15.7 Å². The van der Waals surface area contributed by atoms with E-state index in [1.807, 2.05) is 0 Å². The topological polar surface area (TPSA) is 64.1 Å². The summed E-state index contributed by atoms with van der Waals surface area (Å²) in [6.45, 7) is 13.1. The molecule has 0 amide bonds. The number of hydrogen-bond acceptors (Lipinski definition) is 3. The smallest absolute Gasteiger partial charge is 0.330 e. The van der Waals surface area contributed by atoms with Crippen molar-refractivity contribution in [1.29, 1.82) is 0 Å². The molecule has 3 atom stereocenters. The predicted molar refractivity (Wildman–Crippen MR) is 94.6 cm³/mol. The van der Waals surface area contributed by atoms with E-state index in [4.69, 9.17) is 4.74 Å². The highest BCUT2D eigenvalue weighted by Gasteiger charge is 2.44. The fourth-order valence-corrected chi connectivity index (χ4v) is 3.62. The molecule has 0 aliphatic carbocycles. The Morgan fingerprint density at radius 2 is 1.87 bits per heavy atom. The highest BCUT2D eigenvalue weighted by molar-refractivity contribution is 9.10. The normalized spacial score (nSPS) is 25.8. The van der Waals surface area contributed by atoms with Gasteiger partial charge in [0.2, 0.25) is 0 Å². The number of nitrogens with zero attached hydrogens (tertiary/aromatic N) is 1. The summed E-state index contributed by atoms with van der Waals surface area (Å²) >= 11 is 3.19. The molecular weight excluding hydrogens is 360 g/mol. The third kappa shape index (κ3) is 4.15. The molecule has 1 unspecified atom stereocenters. The van der Waals surface area contributed by atoms with Gasteiger partial charge in [0.05, 0.1) is 10.6 Å². The van der Waals surface area contributed by atoms with Crippen LogP contribution < -0.4 is 11.2 Å². The maximum absolute atomic E-state index is 12.3. The standard InChI is InChI=1S/C17H27BrN2O3/c1-16(2,3)8-12-10(17(4,5)6)7-13(23-12)20-14(21)11(18)9-19-15(20)22/h9-10,12-13H,7-8H2,1-6H3,(H,19,22)/t10?,12-,13-/m1/s1. The highest BCUT2D eigenvalue weighted by Crippen LogP contribution is 2.46. The van der Waals surface area contributed by atoms with E-state index in [1.54, 1.807) is 0 Å². The second-order valence-corrected chi connectivity index (χ2v) is 9.57. The summed E-state index contributed by atoms with van der Waals surface area (Å²) in [7, 11) is 0. The molecule has 0 aromatic carbocycles. The average Bonchev–Trinajstić information content (AvgIpc) is 2.75. The van der Waals surface area contributed by atoms with Gasteiger partial charge in [-0.05, 0) is 45.5 Å². The molecule has 0 bridgehead atoms. The number of hydrogen-bond donors (Lipinski definition) is 1. The van der Waals surface area contributed by atoms with Crippen LogP contribution in [0.5, 0.6) is 0 Å². The van der Waals surface area contributed by atoms with Crippen LogP contribution >= 0.6 is 15.9 Å². The molecule has 1 aromatic rings. The van der Waals surface area contributed by atoms with Gasteiger partial charge in [-0.15, -0.1) is 0 Å². The molecule has 1 aliphatic heterocycles. The van der Waals surface area contributed by atoms with Crippen molar-refractivity contribution in [1.82, 2.24) is 9.55 Å². The monoisotopic (exact) mass is 386 g/mol. The Balaban J connectivity index is 2.39. The number of ether oxygens (including phenoxy) is 1. The number of H-pyrrole nitrogens is 1. The fraction of sp³-hybridized carbons (Fsp3) is 0.765. The van der Waals surface area contributed by atoms with E-state index >= 15 is 0 Å². The zero-order valence-electron chi connectivity index (χ0n) is 14.8. The van der Waals surface area contributed by atoms with Gasteiger partial charge in [0.15, 0.2) is 0 Å². The Labute approximate surface area is 145 Å². The van der Waals surface area contributed by atoms with Crippen LogP contribution in [0.15, 0.2) is 20.3 Å². The summed E-state index contributed by atoms with van der Waals surface area (Å²) in [5.41, 5.74) is -0.597. The van der Waals surface area contributed by atoms with Gasteiger partial charge in [-0.1, -0.05) is 41.5 Å². The third-order valence-corrected chi connectivity index (χ3v) is 4.98. The number of aromatic nitrogens is 2. The number of nitrogens with one attached hydrogen (secondary N) is 1. The van der Waals surface area contributed by atoms with Crippen molar-refractivity contribution in [3.05, 3.63) is 31.5 Å². The quantitative estimate of drug-likeness (QED) is 0.842. The lowest BCUT2D eigenvalue weighted by Gasteiger charge is -2.33. The molecule has 2 heterocycles. The van der Waals surface area contributed by atoms with Gasteiger partial charge in [-0.25, -0.2) is 9.36 Å². The molecule has 1 fully saturated rings.